The highest BCUT2D eigenvalue weighted by Gasteiger charge is 2.18. The summed E-state index contributed by atoms with van der Waals surface area (Å²) >= 11 is 0. The highest BCUT2D eigenvalue weighted by molar-refractivity contribution is 5.93. The highest BCUT2D eigenvalue weighted by atomic mass is 16.3. The number of aromatic nitrogens is 2. The van der Waals surface area contributed by atoms with E-state index in [1.165, 1.54) is 0 Å². The second kappa shape index (κ2) is 7.54. The van der Waals surface area contributed by atoms with Crippen molar-refractivity contribution in [3.8, 4) is 12.3 Å². The summed E-state index contributed by atoms with van der Waals surface area (Å²) in [7, 11) is 1.86. The largest absolute Gasteiger partial charge is 0.467 e. The van der Waals surface area contributed by atoms with Gasteiger partial charge in [0.05, 0.1) is 19.0 Å². The van der Waals surface area contributed by atoms with Gasteiger partial charge in [-0.1, -0.05) is 12.0 Å². The van der Waals surface area contributed by atoms with Gasteiger partial charge in [-0.25, -0.2) is 0 Å². The van der Waals surface area contributed by atoms with E-state index < -0.39 is 0 Å². The van der Waals surface area contributed by atoms with Gasteiger partial charge in [-0.05, 0) is 42.3 Å². The van der Waals surface area contributed by atoms with Crippen LogP contribution in [0.2, 0.25) is 0 Å². The monoisotopic (exact) mass is 333 g/mol. The third kappa shape index (κ3) is 4.18. The van der Waals surface area contributed by atoms with E-state index in [9.17, 15) is 4.79 Å². The number of hydrogen-bond donors (Lipinski definition) is 0. The van der Waals surface area contributed by atoms with Crippen LogP contribution in [0.4, 0.5) is 5.69 Å². The molecule has 0 radical (unpaired) electrons. The molecule has 3 aromatic rings. The summed E-state index contributed by atoms with van der Waals surface area (Å²) in [6.07, 6.45) is 11.8. The van der Waals surface area contributed by atoms with Gasteiger partial charge in [0.1, 0.15) is 5.76 Å². The van der Waals surface area contributed by atoms with E-state index in [0.717, 1.165) is 22.6 Å². The predicted octanol–water partition coefficient (Wildman–Crippen LogP) is 3.16. The van der Waals surface area contributed by atoms with Crippen molar-refractivity contribution < 1.29 is 9.21 Å². The fourth-order valence-electron chi connectivity index (χ4n) is 2.63. The highest BCUT2D eigenvalue weighted by Crippen LogP contribution is 2.21. The van der Waals surface area contributed by atoms with Crippen molar-refractivity contribution in [3.05, 3.63) is 71.9 Å². The van der Waals surface area contributed by atoms with Gasteiger partial charge < -0.3 is 9.32 Å². The number of amides is 1. The maximum Gasteiger partial charge on any atom is 0.227 e. The number of hydrogen-bond acceptors (Lipinski definition) is 3. The van der Waals surface area contributed by atoms with Crippen molar-refractivity contribution in [1.82, 2.24) is 9.78 Å². The van der Waals surface area contributed by atoms with Crippen LogP contribution in [0.3, 0.4) is 0 Å². The zero-order chi connectivity index (χ0) is 17.6. The lowest BCUT2D eigenvalue weighted by Gasteiger charge is -2.22. The van der Waals surface area contributed by atoms with Crippen molar-refractivity contribution >= 4 is 11.6 Å². The Bertz CT molecular complexity index is 888. The maximum atomic E-state index is 12.9. The van der Waals surface area contributed by atoms with Crippen LogP contribution in [-0.4, -0.2) is 15.7 Å². The zero-order valence-electron chi connectivity index (χ0n) is 14.1. The topological polar surface area (TPSA) is 51.3 Å². The Morgan fingerprint density at radius 2 is 2.24 bits per heavy atom. The van der Waals surface area contributed by atoms with Gasteiger partial charge in [0.15, 0.2) is 0 Å². The quantitative estimate of drug-likeness (QED) is 0.651. The van der Waals surface area contributed by atoms with E-state index in [1.54, 1.807) is 22.0 Å². The van der Waals surface area contributed by atoms with Crippen LogP contribution in [0.5, 0.6) is 0 Å². The Morgan fingerprint density at radius 1 is 1.36 bits per heavy atom. The molecule has 2 aromatic heterocycles. The smallest absolute Gasteiger partial charge is 0.227 e. The van der Waals surface area contributed by atoms with Crippen LogP contribution in [0.1, 0.15) is 23.3 Å². The molecular weight excluding hydrogens is 314 g/mol. The molecule has 126 valence electrons. The molecule has 0 unspecified atom stereocenters. The number of aryl methyl sites for hydroxylation is 2. The van der Waals surface area contributed by atoms with E-state index in [0.29, 0.717) is 19.4 Å². The molecule has 25 heavy (non-hydrogen) atoms. The molecule has 0 bridgehead atoms. The van der Waals surface area contributed by atoms with E-state index in [4.69, 9.17) is 10.8 Å². The van der Waals surface area contributed by atoms with Crippen molar-refractivity contribution in [2.45, 2.75) is 19.4 Å². The lowest BCUT2D eigenvalue weighted by molar-refractivity contribution is -0.118. The minimum atomic E-state index is 0.00873. The first-order valence-corrected chi connectivity index (χ1v) is 8.02. The Kier molecular flexibility index (Phi) is 5.00. The molecule has 2 heterocycles. The molecular formula is C20H19N3O2. The fourth-order valence-corrected chi connectivity index (χ4v) is 2.63. The Hall–Kier alpha value is -3.26. The van der Waals surface area contributed by atoms with E-state index >= 15 is 0 Å². The van der Waals surface area contributed by atoms with Crippen LogP contribution >= 0.6 is 0 Å². The third-order valence-electron chi connectivity index (χ3n) is 3.91. The summed E-state index contributed by atoms with van der Waals surface area (Å²) in [4.78, 5) is 14.6. The van der Waals surface area contributed by atoms with Crippen LogP contribution in [0.25, 0.3) is 0 Å². The molecule has 0 saturated heterocycles. The van der Waals surface area contributed by atoms with Gasteiger partial charge in [0.25, 0.3) is 0 Å². The minimum Gasteiger partial charge on any atom is -0.467 e. The van der Waals surface area contributed by atoms with Crippen LogP contribution in [-0.2, 0) is 24.8 Å². The maximum absolute atomic E-state index is 12.9. The molecule has 5 heteroatoms. The second-order valence-electron chi connectivity index (χ2n) is 5.78. The molecule has 0 spiro atoms. The first-order chi connectivity index (χ1) is 12.2. The SMILES string of the molecule is C#Cc1cccc(N(Cc2ccco2)C(=O)CCc2cnn(C)c2)c1. The zero-order valence-corrected chi connectivity index (χ0v) is 14.1. The summed E-state index contributed by atoms with van der Waals surface area (Å²) in [6, 6.07) is 11.1. The van der Waals surface area contributed by atoms with E-state index in [-0.39, 0.29) is 5.91 Å². The molecule has 0 fully saturated rings. The van der Waals surface area contributed by atoms with Crippen LogP contribution in [0, 0.1) is 12.3 Å². The average Bonchev–Trinajstić information content (AvgIpc) is 3.29. The number of carbonyl (C=O) groups excluding carboxylic acids is 1. The lowest BCUT2D eigenvalue weighted by atomic mass is 10.1. The summed E-state index contributed by atoms with van der Waals surface area (Å²) in [5.74, 6) is 3.34. The standard InChI is InChI=1S/C20H19N3O2/c1-3-16-6-4-7-18(12-16)23(15-19-8-5-11-25-19)20(24)10-9-17-13-21-22(2)14-17/h1,4-8,11-14H,9-10,15H2,2H3. The molecule has 1 amide bonds. The molecule has 0 aliphatic rings. The lowest BCUT2D eigenvalue weighted by Crippen LogP contribution is -2.30. The summed E-state index contributed by atoms with van der Waals surface area (Å²) in [6.45, 7) is 0.368. The molecule has 0 aliphatic carbocycles. The van der Waals surface area contributed by atoms with Gasteiger partial charge in [-0.2, -0.15) is 5.10 Å². The Balaban J connectivity index is 1.79. The molecule has 0 saturated carbocycles. The number of carbonyl (C=O) groups is 1. The Labute approximate surface area is 146 Å². The van der Waals surface area contributed by atoms with Crippen LogP contribution < -0.4 is 4.90 Å². The number of terminal acetylenes is 1. The van der Waals surface area contributed by atoms with E-state index in [2.05, 4.69) is 11.0 Å². The van der Waals surface area contributed by atoms with Crippen molar-refractivity contribution in [2.75, 3.05) is 4.90 Å². The predicted molar refractivity (Wildman–Crippen MR) is 95.8 cm³/mol. The second-order valence-corrected chi connectivity index (χ2v) is 5.78. The van der Waals surface area contributed by atoms with Gasteiger partial charge in [0, 0.05) is 30.9 Å². The van der Waals surface area contributed by atoms with Crippen molar-refractivity contribution in [2.24, 2.45) is 7.05 Å². The van der Waals surface area contributed by atoms with Gasteiger partial charge >= 0.3 is 0 Å². The Morgan fingerprint density at radius 3 is 2.92 bits per heavy atom. The molecule has 5 nitrogen and oxygen atoms in total. The van der Waals surface area contributed by atoms with Crippen molar-refractivity contribution in [1.29, 1.82) is 0 Å². The van der Waals surface area contributed by atoms with Crippen LogP contribution in [0.15, 0.2) is 59.5 Å². The van der Waals surface area contributed by atoms with Gasteiger partial charge in [-0.15, -0.1) is 6.42 Å². The molecule has 0 N–H and O–H groups in total. The van der Waals surface area contributed by atoms with E-state index in [1.807, 2.05) is 49.6 Å². The molecule has 0 aliphatic heterocycles. The molecule has 0 atom stereocenters. The fraction of sp³-hybridized carbons (Fsp3) is 0.200. The van der Waals surface area contributed by atoms with Gasteiger partial charge in [-0.3, -0.25) is 9.48 Å². The average molecular weight is 333 g/mol. The molecule has 3 rings (SSSR count). The number of benzene rings is 1. The first kappa shape index (κ1) is 16.6. The summed E-state index contributed by atoms with van der Waals surface area (Å²) in [5.41, 5.74) is 2.54. The summed E-state index contributed by atoms with van der Waals surface area (Å²) < 4.78 is 7.14. The first-order valence-electron chi connectivity index (χ1n) is 8.02. The number of rotatable bonds is 6. The normalized spacial score (nSPS) is 10.4. The van der Waals surface area contributed by atoms with Gasteiger partial charge in [0.2, 0.25) is 5.91 Å². The minimum absolute atomic E-state index is 0.00873. The summed E-state index contributed by atoms with van der Waals surface area (Å²) in [5, 5.41) is 4.14. The van der Waals surface area contributed by atoms with Crippen molar-refractivity contribution in [3.63, 3.8) is 0 Å². The molecule has 1 aromatic carbocycles. The third-order valence-corrected chi connectivity index (χ3v) is 3.91. The number of nitrogens with zero attached hydrogens (tertiary/aromatic N) is 3. The number of anilines is 1. The number of furan rings is 1.